The summed E-state index contributed by atoms with van der Waals surface area (Å²) in [6, 6.07) is 0.370. The molecule has 0 heterocycles. The largest absolute Gasteiger partial charge is 0.309 e. The number of hydrazine groups is 1. The molecule has 0 spiro atoms. The number of nitrogens with one attached hydrogen (secondary N) is 1. The summed E-state index contributed by atoms with van der Waals surface area (Å²) in [5.41, 5.74) is 4.10. The molecule has 0 saturated carbocycles. The van der Waals surface area contributed by atoms with Gasteiger partial charge in [0, 0.05) is 6.04 Å². The SMILES string of the molecule is C=C(CC)CC(CCN(C)C)NN. The number of nitrogens with two attached hydrogens (primary N) is 1. The average Bonchev–Trinajstić information content (AvgIpc) is 2.11. The average molecular weight is 185 g/mol. The van der Waals surface area contributed by atoms with Gasteiger partial charge in [0.05, 0.1) is 0 Å². The Balaban J connectivity index is 3.69. The second kappa shape index (κ2) is 7.06. The number of hydrogen-bond acceptors (Lipinski definition) is 3. The van der Waals surface area contributed by atoms with Gasteiger partial charge in [0.15, 0.2) is 0 Å². The van der Waals surface area contributed by atoms with Crippen LogP contribution < -0.4 is 11.3 Å². The van der Waals surface area contributed by atoms with E-state index in [1.807, 2.05) is 0 Å². The summed E-state index contributed by atoms with van der Waals surface area (Å²) in [5, 5.41) is 0. The Labute approximate surface area is 82.0 Å². The van der Waals surface area contributed by atoms with E-state index >= 15 is 0 Å². The van der Waals surface area contributed by atoms with Crippen LogP contribution in [0.15, 0.2) is 12.2 Å². The van der Waals surface area contributed by atoms with Crippen LogP contribution >= 0.6 is 0 Å². The van der Waals surface area contributed by atoms with E-state index in [9.17, 15) is 0 Å². The molecule has 0 aromatic carbocycles. The van der Waals surface area contributed by atoms with E-state index in [2.05, 4.69) is 37.9 Å². The Hall–Kier alpha value is -0.380. The van der Waals surface area contributed by atoms with Crippen molar-refractivity contribution in [1.29, 1.82) is 0 Å². The van der Waals surface area contributed by atoms with E-state index in [0.717, 1.165) is 25.8 Å². The zero-order valence-corrected chi connectivity index (χ0v) is 9.14. The molecule has 0 bridgehead atoms. The Morgan fingerprint density at radius 1 is 1.54 bits per heavy atom. The standard InChI is InChI=1S/C10H23N3/c1-5-9(2)8-10(12-11)6-7-13(3)4/h10,12H,2,5-8,11H2,1,3-4H3. The summed E-state index contributed by atoms with van der Waals surface area (Å²) >= 11 is 0. The van der Waals surface area contributed by atoms with Crippen molar-refractivity contribution in [2.24, 2.45) is 5.84 Å². The fourth-order valence-corrected chi connectivity index (χ4v) is 1.15. The van der Waals surface area contributed by atoms with Crippen molar-refractivity contribution in [3.8, 4) is 0 Å². The molecule has 0 aliphatic heterocycles. The molecule has 0 saturated heterocycles. The molecule has 1 atom stereocenters. The van der Waals surface area contributed by atoms with Gasteiger partial charge in [-0.2, -0.15) is 0 Å². The Morgan fingerprint density at radius 3 is 2.54 bits per heavy atom. The first-order chi connectivity index (χ1) is 6.10. The molecule has 13 heavy (non-hydrogen) atoms. The molecule has 0 aromatic heterocycles. The smallest absolute Gasteiger partial charge is 0.0259 e. The van der Waals surface area contributed by atoms with Gasteiger partial charge in [-0.05, 0) is 39.9 Å². The second-order valence-electron chi connectivity index (χ2n) is 3.76. The van der Waals surface area contributed by atoms with E-state index < -0.39 is 0 Å². The quantitative estimate of drug-likeness (QED) is 0.355. The predicted octanol–water partition coefficient (Wildman–Crippen LogP) is 1.13. The molecule has 3 nitrogen and oxygen atoms in total. The molecule has 0 aliphatic rings. The van der Waals surface area contributed by atoms with Crippen molar-refractivity contribution in [2.75, 3.05) is 20.6 Å². The highest BCUT2D eigenvalue weighted by Crippen LogP contribution is 2.09. The fraction of sp³-hybridized carbons (Fsp3) is 0.800. The minimum atomic E-state index is 0.370. The summed E-state index contributed by atoms with van der Waals surface area (Å²) in [4.78, 5) is 2.17. The van der Waals surface area contributed by atoms with Crippen LogP contribution in [0.3, 0.4) is 0 Å². The Bertz CT molecular complexity index is 143. The predicted molar refractivity (Wildman–Crippen MR) is 58.3 cm³/mol. The lowest BCUT2D eigenvalue weighted by atomic mass is 10.0. The molecular formula is C10H23N3. The lowest BCUT2D eigenvalue weighted by Gasteiger charge is -2.18. The van der Waals surface area contributed by atoms with E-state index in [1.54, 1.807) is 0 Å². The highest BCUT2D eigenvalue weighted by atomic mass is 15.2. The molecule has 3 heteroatoms. The molecule has 0 aromatic rings. The van der Waals surface area contributed by atoms with Gasteiger partial charge in [0.1, 0.15) is 0 Å². The van der Waals surface area contributed by atoms with Gasteiger partial charge in [0.25, 0.3) is 0 Å². The Kier molecular flexibility index (Phi) is 6.86. The maximum absolute atomic E-state index is 5.45. The first kappa shape index (κ1) is 12.6. The second-order valence-corrected chi connectivity index (χ2v) is 3.76. The summed E-state index contributed by atoms with van der Waals surface area (Å²) in [6.45, 7) is 7.17. The van der Waals surface area contributed by atoms with Crippen molar-refractivity contribution < 1.29 is 0 Å². The zero-order chi connectivity index (χ0) is 10.3. The topological polar surface area (TPSA) is 41.3 Å². The maximum atomic E-state index is 5.45. The van der Waals surface area contributed by atoms with Crippen LogP contribution in [0.4, 0.5) is 0 Å². The molecule has 0 rings (SSSR count). The van der Waals surface area contributed by atoms with Gasteiger partial charge in [-0.25, -0.2) is 0 Å². The monoisotopic (exact) mass is 185 g/mol. The molecule has 0 aliphatic carbocycles. The van der Waals surface area contributed by atoms with Gasteiger partial charge in [-0.15, -0.1) is 0 Å². The summed E-state index contributed by atoms with van der Waals surface area (Å²) in [6.07, 6.45) is 3.10. The third-order valence-corrected chi connectivity index (χ3v) is 2.20. The first-order valence-corrected chi connectivity index (χ1v) is 4.87. The van der Waals surface area contributed by atoms with Crippen LogP contribution in [-0.2, 0) is 0 Å². The summed E-state index contributed by atoms with van der Waals surface area (Å²) < 4.78 is 0. The summed E-state index contributed by atoms with van der Waals surface area (Å²) in [7, 11) is 4.14. The molecule has 0 fully saturated rings. The van der Waals surface area contributed by atoms with E-state index in [-0.39, 0.29) is 0 Å². The van der Waals surface area contributed by atoms with Crippen LogP contribution in [0.1, 0.15) is 26.2 Å². The first-order valence-electron chi connectivity index (χ1n) is 4.87. The zero-order valence-electron chi connectivity index (χ0n) is 9.14. The van der Waals surface area contributed by atoms with Gasteiger partial charge >= 0.3 is 0 Å². The lowest BCUT2D eigenvalue weighted by molar-refractivity contribution is 0.357. The van der Waals surface area contributed by atoms with Crippen LogP contribution in [0.2, 0.25) is 0 Å². The van der Waals surface area contributed by atoms with Crippen molar-refractivity contribution >= 4 is 0 Å². The Morgan fingerprint density at radius 2 is 2.15 bits per heavy atom. The molecule has 78 valence electrons. The summed E-state index contributed by atoms with van der Waals surface area (Å²) in [5.74, 6) is 5.45. The van der Waals surface area contributed by atoms with Crippen LogP contribution in [0.5, 0.6) is 0 Å². The minimum Gasteiger partial charge on any atom is -0.309 e. The third kappa shape index (κ3) is 6.75. The normalized spacial score (nSPS) is 13.3. The van der Waals surface area contributed by atoms with Crippen molar-refractivity contribution in [1.82, 2.24) is 10.3 Å². The van der Waals surface area contributed by atoms with E-state index in [1.165, 1.54) is 5.57 Å². The van der Waals surface area contributed by atoms with Crippen LogP contribution in [0.25, 0.3) is 0 Å². The van der Waals surface area contributed by atoms with Gasteiger partial charge < -0.3 is 4.90 Å². The maximum Gasteiger partial charge on any atom is 0.0259 e. The van der Waals surface area contributed by atoms with Gasteiger partial charge in [-0.3, -0.25) is 11.3 Å². The molecular weight excluding hydrogens is 162 g/mol. The minimum absolute atomic E-state index is 0.370. The number of nitrogens with zero attached hydrogens (tertiary/aromatic N) is 1. The van der Waals surface area contributed by atoms with Crippen LogP contribution in [-0.4, -0.2) is 31.6 Å². The molecule has 1 unspecified atom stereocenters. The fourth-order valence-electron chi connectivity index (χ4n) is 1.15. The van der Waals surface area contributed by atoms with Crippen molar-refractivity contribution in [2.45, 2.75) is 32.2 Å². The van der Waals surface area contributed by atoms with E-state index in [4.69, 9.17) is 5.84 Å². The molecule has 0 amide bonds. The lowest BCUT2D eigenvalue weighted by Crippen LogP contribution is -2.37. The van der Waals surface area contributed by atoms with Gasteiger partial charge in [-0.1, -0.05) is 19.1 Å². The number of rotatable bonds is 7. The van der Waals surface area contributed by atoms with Crippen LogP contribution in [0, 0.1) is 0 Å². The van der Waals surface area contributed by atoms with Gasteiger partial charge in [0.2, 0.25) is 0 Å². The van der Waals surface area contributed by atoms with Crippen molar-refractivity contribution in [3.05, 3.63) is 12.2 Å². The molecule has 0 radical (unpaired) electrons. The molecule has 3 N–H and O–H groups in total. The highest BCUT2D eigenvalue weighted by Gasteiger charge is 2.07. The highest BCUT2D eigenvalue weighted by molar-refractivity contribution is 4.96. The third-order valence-electron chi connectivity index (χ3n) is 2.20. The van der Waals surface area contributed by atoms with E-state index in [0.29, 0.717) is 6.04 Å². The number of hydrogen-bond donors (Lipinski definition) is 2. The van der Waals surface area contributed by atoms with Crippen molar-refractivity contribution in [3.63, 3.8) is 0 Å².